The summed E-state index contributed by atoms with van der Waals surface area (Å²) >= 11 is 1.51. The predicted molar refractivity (Wildman–Crippen MR) is 112 cm³/mol. The van der Waals surface area contributed by atoms with E-state index >= 15 is 0 Å². The monoisotopic (exact) mass is 417 g/mol. The summed E-state index contributed by atoms with van der Waals surface area (Å²) in [6, 6.07) is 6.55. The van der Waals surface area contributed by atoms with Gasteiger partial charge in [-0.3, -0.25) is 9.59 Å². The molecule has 2 amide bonds. The van der Waals surface area contributed by atoms with Gasteiger partial charge in [0, 0.05) is 29.8 Å². The molecule has 1 aliphatic rings. The van der Waals surface area contributed by atoms with Crippen molar-refractivity contribution in [2.75, 3.05) is 0 Å². The highest BCUT2D eigenvalue weighted by Gasteiger charge is 2.28. The second-order valence-corrected chi connectivity index (χ2v) is 8.95. The highest BCUT2D eigenvalue weighted by Crippen LogP contribution is 2.25. The summed E-state index contributed by atoms with van der Waals surface area (Å²) in [5.74, 6) is -0.252. The van der Waals surface area contributed by atoms with Crippen LogP contribution < -0.4 is 10.6 Å². The van der Waals surface area contributed by atoms with Crippen LogP contribution in [-0.4, -0.2) is 28.9 Å². The molecule has 1 aromatic carbocycles. The second-order valence-electron chi connectivity index (χ2n) is 8.00. The molecule has 2 unspecified atom stereocenters. The molecule has 0 bridgehead atoms. The lowest BCUT2D eigenvalue weighted by Gasteiger charge is -2.29. The Morgan fingerprint density at radius 1 is 1.24 bits per heavy atom. The number of amides is 2. The van der Waals surface area contributed by atoms with Crippen molar-refractivity contribution < 1.29 is 14.0 Å². The standard InChI is InChI=1S/C22H28FN3O2S/c1-14(2)24-22(28)16-4-3-5-18(11-16)25-20(27)12-19-13-29-21(26-19)10-15-6-8-17(23)9-7-15/h6-9,13-14,16,18H,3-5,10-12H2,1-2H3,(H,24,28)(H,25,27). The number of rotatable bonds is 7. The third-order valence-electron chi connectivity index (χ3n) is 5.05. The van der Waals surface area contributed by atoms with E-state index in [1.54, 1.807) is 12.1 Å². The maximum absolute atomic E-state index is 13.0. The summed E-state index contributed by atoms with van der Waals surface area (Å²) < 4.78 is 13.0. The van der Waals surface area contributed by atoms with Gasteiger partial charge in [-0.05, 0) is 50.8 Å². The lowest BCUT2D eigenvalue weighted by atomic mass is 9.85. The van der Waals surface area contributed by atoms with Crippen molar-refractivity contribution in [2.24, 2.45) is 5.92 Å². The van der Waals surface area contributed by atoms with E-state index in [2.05, 4.69) is 15.6 Å². The van der Waals surface area contributed by atoms with Gasteiger partial charge < -0.3 is 10.6 Å². The molecular formula is C22H28FN3O2S. The SMILES string of the molecule is CC(C)NC(=O)C1CCCC(NC(=O)Cc2csc(Cc3ccc(F)cc3)n2)C1. The smallest absolute Gasteiger partial charge is 0.226 e. The molecule has 0 aliphatic heterocycles. The minimum Gasteiger partial charge on any atom is -0.354 e. The summed E-state index contributed by atoms with van der Waals surface area (Å²) in [7, 11) is 0. The zero-order chi connectivity index (χ0) is 20.8. The maximum Gasteiger partial charge on any atom is 0.226 e. The zero-order valence-corrected chi connectivity index (χ0v) is 17.7. The first-order valence-corrected chi connectivity index (χ1v) is 11.0. The van der Waals surface area contributed by atoms with E-state index in [0.29, 0.717) is 12.8 Å². The van der Waals surface area contributed by atoms with Crippen LogP contribution in [0.25, 0.3) is 0 Å². The Bertz CT molecular complexity index is 835. The summed E-state index contributed by atoms with van der Waals surface area (Å²) in [6.07, 6.45) is 4.28. The van der Waals surface area contributed by atoms with E-state index in [1.165, 1.54) is 23.5 Å². The largest absolute Gasteiger partial charge is 0.354 e. The first-order valence-electron chi connectivity index (χ1n) is 10.2. The normalized spacial score (nSPS) is 19.2. The van der Waals surface area contributed by atoms with Crippen LogP contribution in [0.4, 0.5) is 4.39 Å². The molecule has 0 spiro atoms. The molecular weight excluding hydrogens is 389 g/mol. The van der Waals surface area contributed by atoms with Gasteiger partial charge >= 0.3 is 0 Å². The van der Waals surface area contributed by atoms with Gasteiger partial charge in [0.2, 0.25) is 11.8 Å². The fourth-order valence-electron chi connectivity index (χ4n) is 3.69. The van der Waals surface area contributed by atoms with E-state index < -0.39 is 0 Å². The number of aromatic nitrogens is 1. The van der Waals surface area contributed by atoms with Crippen molar-refractivity contribution in [2.45, 2.75) is 64.5 Å². The molecule has 1 aromatic heterocycles. The molecule has 156 valence electrons. The van der Waals surface area contributed by atoms with Crippen molar-refractivity contribution in [1.82, 2.24) is 15.6 Å². The van der Waals surface area contributed by atoms with E-state index in [0.717, 1.165) is 35.5 Å². The van der Waals surface area contributed by atoms with Gasteiger partial charge in [-0.15, -0.1) is 11.3 Å². The maximum atomic E-state index is 13.0. The quantitative estimate of drug-likeness (QED) is 0.723. The zero-order valence-electron chi connectivity index (χ0n) is 16.9. The Morgan fingerprint density at radius 2 is 2.00 bits per heavy atom. The summed E-state index contributed by atoms with van der Waals surface area (Å²) in [5, 5.41) is 8.85. The Hall–Kier alpha value is -2.28. The number of halogens is 1. The van der Waals surface area contributed by atoms with Crippen molar-refractivity contribution in [3.05, 3.63) is 51.7 Å². The number of hydrogen-bond acceptors (Lipinski definition) is 4. The van der Waals surface area contributed by atoms with Crippen LogP contribution >= 0.6 is 11.3 Å². The minimum absolute atomic E-state index is 0.0296. The van der Waals surface area contributed by atoms with Crippen LogP contribution in [0.2, 0.25) is 0 Å². The number of hydrogen-bond donors (Lipinski definition) is 2. The van der Waals surface area contributed by atoms with Gasteiger partial charge in [-0.25, -0.2) is 9.37 Å². The molecule has 1 fully saturated rings. The predicted octanol–water partition coefficient (Wildman–Crippen LogP) is 3.62. The Kier molecular flexibility index (Phi) is 7.36. The fourth-order valence-corrected chi connectivity index (χ4v) is 4.52. The van der Waals surface area contributed by atoms with Gasteiger partial charge in [-0.1, -0.05) is 18.6 Å². The Morgan fingerprint density at radius 3 is 2.72 bits per heavy atom. The van der Waals surface area contributed by atoms with Crippen LogP contribution in [0.1, 0.15) is 55.8 Å². The minimum atomic E-state index is -0.253. The first-order chi connectivity index (χ1) is 13.9. The first kappa shape index (κ1) is 21.4. The molecule has 0 radical (unpaired) electrons. The third kappa shape index (κ3) is 6.63. The van der Waals surface area contributed by atoms with Gasteiger partial charge in [0.15, 0.2) is 0 Å². The average Bonchev–Trinajstić information content (AvgIpc) is 3.10. The Labute approximate surface area is 175 Å². The number of carbonyl (C=O) groups is 2. The molecule has 5 nitrogen and oxygen atoms in total. The number of nitrogens with zero attached hydrogens (tertiary/aromatic N) is 1. The van der Waals surface area contributed by atoms with E-state index in [-0.39, 0.29) is 42.1 Å². The van der Waals surface area contributed by atoms with Crippen LogP contribution in [-0.2, 0) is 22.4 Å². The summed E-state index contributed by atoms with van der Waals surface area (Å²) in [6.45, 7) is 3.91. The fraction of sp³-hybridized carbons (Fsp3) is 0.500. The van der Waals surface area contributed by atoms with E-state index in [4.69, 9.17) is 0 Å². The molecule has 2 N–H and O–H groups in total. The lowest BCUT2D eigenvalue weighted by Crippen LogP contribution is -2.44. The molecule has 1 aliphatic carbocycles. The molecule has 1 heterocycles. The number of thiazole rings is 1. The van der Waals surface area contributed by atoms with Crippen LogP contribution in [0, 0.1) is 11.7 Å². The summed E-state index contributed by atoms with van der Waals surface area (Å²) in [4.78, 5) is 29.2. The van der Waals surface area contributed by atoms with Gasteiger partial charge in [-0.2, -0.15) is 0 Å². The van der Waals surface area contributed by atoms with Crippen molar-refractivity contribution >= 4 is 23.2 Å². The van der Waals surface area contributed by atoms with Crippen LogP contribution in [0.3, 0.4) is 0 Å². The van der Waals surface area contributed by atoms with E-state index in [9.17, 15) is 14.0 Å². The molecule has 2 atom stereocenters. The molecule has 0 saturated heterocycles. The molecule has 3 rings (SSSR count). The summed E-state index contributed by atoms with van der Waals surface area (Å²) in [5.41, 5.74) is 1.74. The van der Waals surface area contributed by atoms with Crippen molar-refractivity contribution in [1.29, 1.82) is 0 Å². The molecule has 29 heavy (non-hydrogen) atoms. The van der Waals surface area contributed by atoms with Crippen molar-refractivity contribution in [3.63, 3.8) is 0 Å². The van der Waals surface area contributed by atoms with Crippen LogP contribution in [0.5, 0.6) is 0 Å². The third-order valence-corrected chi connectivity index (χ3v) is 5.95. The molecule has 1 saturated carbocycles. The number of nitrogens with one attached hydrogen (secondary N) is 2. The van der Waals surface area contributed by atoms with Gasteiger partial charge in [0.1, 0.15) is 5.82 Å². The average molecular weight is 418 g/mol. The molecule has 7 heteroatoms. The van der Waals surface area contributed by atoms with E-state index in [1.807, 2.05) is 19.2 Å². The second kappa shape index (κ2) is 9.96. The van der Waals surface area contributed by atoms with Crippen LogP contribution in [0.15, 0.2) is 29.6 Å². The Balaban J connectivity index is 1.48. The van der Waals surface area contributed by atoms with Gasteiger partial charge in [0.05, 0.1) is 17.1 Å². The topological polar surface area (TPSA) is 71.1 Å². The highest BCUT2D eigenvalue weighted by molar-refractivity contribution is 7.09. The highest BCUT2D eigenvalue weighted by atomic mass is 32.1. The number of carbonyl (C=O) groups excluding carboxylic acids is 2. The molecule has 2 aromatic rings. The van der Waals surface area contributed by atoms with Crippen molar-refractivity contribution in [3.8, 4) is 0 Å². The van der Waals surface area contributed by atoms with Gasteiger partial charge in [0.25, 0.3) is 0 Å². The lowest BCUT2D eigenvalue weighted by molar-refractivity contribution is -0.128. The number of benzene rings is 1.